The van der Waals surface area contributed by atoms with E-state index in [0.29, 0.717) is 0 Å². The molecule has 0 amide bonds. The van der Waals surface area contributed by atoms with Gasteiger partial charge in [-0.15, -0.1) is 24.8 Å². The molecule has 0 radical (unpaired) electrons. The Hall–Kier alpha value is -1.52. The highest BCUT2D eigenvalue weighted by atomic mass is 35.5. The van der Waals surface area contributed by atoms with Crippen molar-refractivity contribution in [2.45, 2.75) is 155 Å². The van der Waals surface area contributed by atoms with Crippen LogP contribution in [0.25, 0.3) is 0 Å². The minimum atomic E-state index is 0. The maximum Gasteiger partial charge on any atom is 0.0603 e. The number of pyridine rings is 2. The molecular formula is C36H64Cl2N4. The normalized spacial score (nSPS) is 10.6. The molecule has 0 saturated carbocycles. The fourth-order valence-corrected chi connectivity index (χ4v) is 5.26. The summed E-state index contributed by atoms with van der Waals surface area (Å²) in [5.41, 5.74) is 0. The fourth-order valence-electron chi connectivity index (χ4n) is 5.26. The Morgan fingerprint density at radius 1 is 0.405 bits per heavy atom. The summed E-state index contributed by atoms with van der Waals surface area (Å²) < 4.78 is 4.63. The first-order chi connectivity index (χ1) is 19.8. The lowest BCUT2D eigenvalue weighted by Crippen LogP contribution is -2.06. The van der Waals surface area contributed by atoms with Crippen LogP contribution in [0.3, 0.4) is 0 Å². The Bertz CT molecular complexity index is 862. The van der Waals surface area contributed by atoms with Crippen LogP contribution in [0.15, 0.2) is 59.0 Å². The molecule has 0 fully saturated rings. The van der Waals surface area contributed by atoms with Crippen molar-refractivity contribution < 1.29 is 0 Å². The minimum Gasteiger partial charge on any atom is -0.354 e. The predicted octanol–water partition coefficient (Wildman–Crippen LogP) is 10.5. The van der Waals surface area contributed by atoms with Gasteiger partial charge >= 0.3 is 0 Å². The van der Waals surface area contributed by atoms with Crippen LogP contribution in [0, 0.1) is 0 Å². The third-order valence-corrected chi connectivity index (χ3v) is 7.94. The number of rotatable bonds is 25. The topological polar surface area (TPSA) is 34.6 Å². The summed E-state index contributed by atoms with van der Waals surface area (Å²) >= 11 is 0. The van der Waals surface area contributed by atoms with Crippen molar-refractivity contribution in [3.05, 3.63) is 59.8 Å². The summed E-state index contributed by atoms with van der Waals surface area (Å²) in [5.74, 6) is 0. The lowest BCUT2D eigenvalue weighted by molar-refractivity contribution is 0.524. The zero-order valence-electron chi connectivity index (χ0n) is 27.2. The van der Waals surface area contributed by atoms with Crippen LogP contribution < -0.4 is 10.7 Å². The van der Waals surface area contributed by atoms with E-state index in [1.807, 2.05) is 0 Å². The minimum absolute atomic E-state index is 0. The van der Waals surface area contributed by atoms with E-state index in [1.54, 1.807) is 0 Å². The first-order valence-electron chi connectivity index (χ1n) is 17.1. The Balaban J connectivity index is 0.00000840. The van der Waals surface area contributed by atoms with Gasteiger partial charge in [0.25, 0.3) is 0 Å². The number of unbranched alkanes of at least 4 members (excludes halogenated alkanes) is 17. The lowest BCUT2D eigenvalue weighted by atomic mass is 10.1. The average Bonchev–Trinajstić information content (AvgIpc) is 2.98. The zero-order valence-corrected chi connectivity index (χ0v) is 28.8. The van der Waals surface area contributed by atoms with Crippen molar-refractivity contribution >= 4 is 24.8 Å². The number of aromatic nitrogens is 2. The second-order valence-electron chi connectivity index (χ2n) is 11.7. The molecule has 0 N–H and O–H groups in total. The molecule has 42 heavy (non-hydrogen) atoms. The number of aryl methyl sites for hydroxylation is 2. The van der Waals surface area contributed by atoms with Gasteiger partial charge in [-0.3, -0.25) is 9.98 Å². The maximum absolute atomic E-state index is 4.74. The highest BCUT2D eigenvalue weighted by Gasteiger charge is 1.96. The third kappa shape index (κ3) is 22.1. The number of hydrogen-bond acceptors (Lipinski definition) is 2. The van der Waals surface area contributed by atoms with Crippen LogP contribution in [0.1, 0.15) is 142 Å². The zero-order chi connectivity index (χ0) is 28.4. The van der Waals surface area contributed by atoms with Gasteiger partial charge in [-0.25, -0.2) is 0 Å². The largest absolute Gasteiger partial charge is 0.354 e. The van der Waals surface area contributed by atoms with E-state index >= 15 is 0 Å². The van der Waals surface area contributed by atoms with Crippen molar-refractivity contribution in [3.8, 4) is 0 Å². The average molecular weight is 624 g/mol. The molecule has 0 atom stereocenters. The molecule has 2 rings (SSSR count). The molecule has 0 aliphatic heterocycles. The van der Waals surface area contributed by atoms with Crippen LogP contribution in [0.5, 0.6) is 0 Å². The highest BCUT2D eigenvalue weighted by Crippen LogP contribution is 2.10. The third-order valence-electron chi connectivity index (χ3n) is 7.94. The quantitative estimate of drug-likeness (QED) is 0.0987. The molecule has 2 aromatic rings. The van der Waals surface area contributed by atoms with Crippen molar-refractivity contribution in [2.75, 3.05) is 13.1 Å². The first-order valence-corrected chi connectivity index (χ1v) is 17.1. The summed E-state index contributed by atoms with van der Waals surface area (Å²) in [6.45, 7) is 8.74. The van der Waals surface area contributed by atoms with Gasteiger partial charge in [0.1, 0.15) is 0 Å². The predicted molar refractivity (Wildman–Crippen MR) is 188 cm³/mol. The van der Waals surface area contributed by atoms with E-state index in [4.69, 9.17) is 9.98 Å². The van der Waals surface area contributed by atoms with Crippen molar-refractivity contribution in [1.29, 1.82) is 0 Å². The van der Waals surface area contributed by atoms with Crippen molar-refractivity contribution in [1.82, 2.24) is 9.13 Å². The molecule has 4 nitrogen and oxygen atoms in total. The van der Waals surface area contributed by atoms with Gasteiger partial charge in [0.05, 0.1) is 10.7 Å². The fraction of sp³-hybridized carbons (Fsp3) is 0.722. The van der Waals surface area contributed by atoms with Gasteiger partial charge in [-0.2, -0.15) is 0 Å². The molecule has 0 aliphatic carbocycles. The molecule has 2 aromatic heterocycles. The van der Waals surface area contributed by atoms with E-state index in [9.17, 15) is 0 Å². The summed E-state index contributed by atoms with van der Waals surface area (Å²) in [6.07, 6.45) is 35.5. The van der Waals surface area contributed by atoms with Crippen molar-refractivity contribution in [3.63, 3.8) is 0 Å². The number of hydrogen-bond donors (Lipinski definition) is 0. The molecule has 242 valence electrons. The molecule has 2 heterocycles. The van der Waals surface area contributed by atoms with Crippen LogP contribution in [0.2, 0.25) is 0 Å². The SMILES string of the molecule is CCCCCCCCN=c1ccn(CCCCCCCCCCn2ccc(=NCCCCCCCC)cc2)cc1.Cl.Cl. The molecular weight excluding hydrogens is 559 g/mol. The standard InChI is InChI=1S/C36H62N4.2ClH/c1-3-5-7-9-15-19-27-37-35-23-31-39(32-24-35)29-21-17-13-11-12-14-18-22-30-40-33-25-36(26-34-40)38-28-20-16-10-8-6-4-2;;/h23-26,31-34H,3-22,27-30H2,1-2H3;2*1H. The summed E-state index contributed by atoms with van der Waals surface area (Å²) in [6, 6.07) is 8.71. The summed E-state index contributed by atoms with van der Waals surface area (Å²) in [5, 5.41) is 2.27. The van der Waals surface area contributed by atoms with E-state index < -0.39 is 0 Å². The van der Waals surface area contributed by atoms with E-state index in [1.165, 1.54) is 128 Å². The van der Waals surface area contributed by atoms with Crippen molar-refractivity contribution in [2.24, 2.45) is 9.98 Å². The maximum atomic E-state index is 4.74. The molecule has 0 unspecified atom stereocenters. The first kappa shape index (κ1) is 40.5. The van der Waals surface area contributed by atoms with Gasteiger partial charge in [0, 0.05) is 51.0 Å². The van der Waals surface area contributed by atoms with Crippen LogP contribution in [-0.2, 0) is 13.1 Å². The summed E-state index contributed by atoms with van der Waals surface area (Å²) in [4.78, 5) is 9.48. The Kier molecular flexibility index (Phi) is 28.5. The molecule has 0 aliphatic rings. The number of halogens is 2. The second kappa shape index (κ2) is 29.5. The molecule has 0 bridgehead atoms. The number of nitrogens with zero attached hydrogens (tertiary/aromatic N) is 4. The van der Waals surface area contributed by atoms with E-state index in [2.05, 4.69) is 72.0 Å². The van der Waals surface area contributed by atoms with E-state index in [-0.39, 0.29) is 24.8 Å². The van der Waals surface area contributed by atoms with Gasteiger partial charge in [-0.05, 0) is 49.9 Å². The van der Waals surface area contributed by atoms with Crippen LogP contribution in [0.4, 0.5) is 0 Å². The Morgan fingerprint density at radius 3 is 1.02 bits per heavy atom. The molecule has 0 spiro atoms. The highest BCUT2D eigenvalue weighted by molar-refractivity contribution is 5.85. The van der Waals surface area contributed by atoms with Gasteiger partial charge in [0.2, 0.25) is 0 Å². The smallest absolute Gasteiger partial charge is 0.0603 e. The molecule has 6 heteroatoms. The van der Waals surface area contributed by atoms with Gasteiger partial charge < -0.3 is 9.13 Å². The molecule has 0 aromatic carbocycles. The van der Waals surface area contributed by atoms with Crippen LogP contribution in [-0.4, -0.2) is 22.2 Å². The van der Waals surface area contributed by atoms with E-state index in [0.717, 1.165) is 36.9 Å². The van der Waals surface area contributed by atoms with Gasteiger partial charge in [-0.1, -0.05) is 117 Å². The Morgan fingerprint density at radius 2 is 0.690 bits per heavy atom. The summed E-state index contributed by atoms with van der Waals surface area (Å²) in [7, 11) is 0. The monoisotopic (exact) mass is 622 g/mol. The Labute approximate surface area is 271 Å². The lowest BCUT2D eigenvalue weighted by Gasteiger charge is -2.07. The second-order valence-corrected chi connectivity index (χ2v) is 11.7. The van der Waals surface area contributed by atoms with Crippen LogP contribution >= 0.6 is 24.8 Å². The van der Waals surface area contributed by atoms with Gasteiger partial charge in [0.15, 0.2) is 0 Å². The molecule has 0 saturated heterocycles.